The summed E-state index contributed by atoms with van der Waals surface area (Å²) < 4.78 is 25.4. The third kappa shape index (κ3) is 2.51. The molecule has 0 aromatic carbocycles. The van der Waals surface area contributed by atoms with Gasteiger partial charge in [0.1, 0.15) is 4.21 Å². The lowest BCUT2D eigenvalue weighted by molar-refractivity contribution is -0.134. The number of nitrogens with zero attached hydrogens (tertiary/aromatic N) is 2. The zero-order valence-corrected chi connectivity index (χ0v) is 11.1. The molecule has 0 atom stereocenters. The smallest absolute Gasteiger partial charge is 0.252 e. The number of carbonyl (C=O) groups excluding carboxylic acids is 1. The molecule has 1 aliphatic rings. The van der Waals surface area contributed by atoms with Crippen LogP contribution in [0.5, 0.6) is 0 Å². The molecule has 5 nitrogen and oxygen atoms in total. The number of sulfonamides is 1. The standard InChI is InChI=1S/C10H14N2O3S2/c1-11(8-9(13)12-5-3-6-12)17(14,15)10-4-2-7-16-10/h2,4,7H,3,5-6,8H2,1H3. The number of hydrogen-bond donors (Lipinski definition) is 0. The summed E-state index contributed by atoms with van der Waals surface area (Å²) in [5.41, 5.74) is 0. The highest BCUT2D eigenvalue weighted by atomic mass is 32.2. The van der Waals surface area contributed by atoms with Gasteiger partial charge in [-0.3, -0.25) is 4.79 Å². The largest absolute Gasteiger partial charge is 0.341 e. The van der Waals surface area contributed by atoms with E-state index in [1.54, 1.807) is 22.4 Å². The minimum absolute atomic E-state index is 0.0831. The molecule has 7 heteroatoms. The van der Waals surface area contributed by atoms with Gasteiger partial charge in [0.25, 0.3) is 10.0 Å². The van der Waals surface area contributed by atoms with Crippen molar-refractivity contribution in [3.05, 3.63) is 17.5 Å². The average molecular weight is 274 g/mol. The summed E-state index contributed by atoms with van der Waals surface area (Å²) in [6, 6.07) is 3.23. The first kappa shape index (κ1) is 12.5. The Morgan fingerprint density at radius 1 is 1.53 bits per heavy atom. The molecule has 1 aromatic rings. The molecule has 2 heterocycles. The molecule has 0 N–H and O–H groups in total. The van der Waals surface area contributed by atoms with Crippen molar-refractivity contribution in [2.45, 2.75) is 10.6 Å². The Bertz CT molecular complexity index is 492. The Labute approximate surface area is 105 Å². The lowest BCUT2D eigenvalue weighted by Gasteiger charge is -2.32. The maximum Gasteiger partial charge on any atom is 0.252 e. The van der Waals surface area contributed by atoms with Crippen LogP contribution in [0.25, 0.3) is 0 Å². The molecule has 94 valence electrons. The van der Waals surface area contributed by atoms with Gasteiger partial charge in [-0.15, -0.1) is 11.3 Å². The van der Waals surface area contributed by atoms with Crippen molar-refractivity contribution in [1.82, 2.24) is 9.21 Å². The molecule has 0 radical (unpaired) electrons. The van der Waals surface area contributed by atoms with E-state index in [2.05, 4.69) is 0 Å². The second kappa shape index (κ2) is 4.75. The fourth-order valence-corrected chi connectivity index (χ4v) is 3.83. The van der Waals surface area contributed by atoms with Crippen LogP contribution in [0.2, 0.25) is 0 Å². The average Bonchev–Trinajstić information content (AvgIpc) is 2.67. The molecule has 1 amide bonds. The number of rotatable bonds is 4. The molecule has 0 unspecified atom stereocenters. The van der Waals surface area contributed by atoms with Crippen molar-refractivity contribution >= 4 is 27.3 Å². The van der Waals surface area contributed by atoms with Crippen molar-refractivity contribution in [3.63, 3.8) is 0 Å². The molecule has 0 aliphatic carbocycles. The van der Waals surface area contributed by atoms with Gasteiger partial charge in [0.05, 0.1) is 6.54 Å². The van der Waals surface area contributed by atoms with Crippen molar-refractivity contribution in [3.8, 4) is 0 Å². The number of amides is 1. The molecular weight excluding hydrogens is 260 g/mol. The molecule has 0 bridgehead atoms. The van der Waals surface area contributed by atoms with E-state index in [-0.39, 0.29) is 16.7 Å². The molecule has 1 fully saturated rings. The highest BCUT2D eigenvalue weighted by Gasteiger charge is 2.27. The quantitative estimate of drug-likeness (QED) is 0.808. The van der Waals surface area contributed by atoms with Crippen LogP contribution in [0.3, 0.4) is 0 Å². The number of likely N-dealkylation sites (N-methyl/N-ethyl adjacent to an activating group) is 1. The lowest BCUT2D eigenvalue weighted by atomic mass is 10.2. The van der Waals surface area contributed by atoms with E-state index in [0.717, 1.165) is 35.2 Å². The van der Waals surface area contributed by atoms with Gasteiger partial charge in [-0.25, -0.2) is 8.42 Å². The molecule has 1 saturated heterocycles. The van der Waals surface area contributed by atoms with Crippen LogP contribution in [0.4, 0.5) is 0 Å². The first-order chi connectivity index (χ1) is 8.01. The van der Waals surface area contributed by atoms with Crippen LogP contribution >= 0.6 is 11.3 Å². The summed E-state index contributed by atoms with van der Waals surface area (Å²) in [4.78, 5) is 13.3. The molecule has 0 spiro atoms. The molecule has 2 rings (SSSR count). The third-order valence-corrected chi connectivity index (χ3v) is 5.90. The van der Waals surface area contributed by atoms with E-state index in [0.29, 0.717) is 0 Å². The Hall–Kier alpha value is -0.920. The van der Waals surface area contributed by atoms with Gasteiger partial charge < -0.3 is 4.90 Å². The highest BCUT2D eigenvalue weighted by molar-refractivity contribution is 7.91. The highest BCUT2D eigenvalue weighted by Crippen LogP contribution is 2.20. The van der Waals surface area contributed by atoms with E-state index in [4.69, 9.17) is 0 Å². The van der Waals surface area contributed by atoms with Crippen molar-refractivity contribution < 1.29 is 13.2 Å². The number of hydrogen-bond acceptors (Lipinski definition) is 4. The van der Waals surface area contributed by atoms with Crippen LogP contribution < -0.4 is 0 Å². The van der Waals surface area contributed by atoms with Gasteiger partial charge >= 0.3 is 0 Å². The topological polar surface area (TPSA) is 57.7 Å². The van der Waals surface area contributed by atoms with E-state index in [9.17, 15) is 13.2 Å². The number of carbonyl (C=O) groups is 1. The summed E-state index contributed by atoms with van der Waals surface area (Å²) >= 11 is 1.16. The maximum absolute atomic E-state index is 12.0. The zero-order chi connectivity index (χ0) is 12.5. The van der Waals surface area contributed by atoms with Crippen molar-refractivity contribution in [2.24, 2.45) is 0 Å². The van der Waals surface area contributed by atoms with Gasteiger partial charge in [-0.1, -0.05) is 6.07 Å². The third-order valence-electron chi connectivity index (χ3n) is 2.73. The second-order valence-electron chi connectivity index (χ2n) is 3.93. The van der Waals surface area contributed by atoms with E-state index >= 15 is 0 Å². The Kier molecular flexibility index (Phi) is 3.50. The van der Waals surface area contributed by atoms with E-state index in [1.165, 1.54) is 7.05 Å². The normalized spacial score (nSPS) is 16.0. The van der Waals surface area contributed by atoms with Crippen molar-refractivity contribution in [2.75, 3.05) is 26.7 Å². The second-order valence-corrected chi connectivity index (χ2v) is 7.15. The summed E-state index contributed by atoms with van der Waals surface area (Å²) in [5.74, 6) is -0.126. The summed E-state index contributed by atoms with van der Waals surface area (Å²) in [7, 11) is -2.07. The number of thiophene rings is 1. The molecule has 17 heavy (non-hydrogen) atoms. The van der Waals surface area contributed by atoms with Crippen molar-refractivity contribution in [1.29, 1.82) is 0 Å². The fraction of sp³-hybridized carbons (Fsp3) is 0.500. The maximum atomic E-state index is 12.0. The fourth-order valence-electron chi connectivity index (χ4n) is 1.50. The Morgan fingerprint density at radius 2 is 2.24 bits per heavy atom. The van der Waals surface area contributed by atoms with Crippen LogP contribution in [0.15, 0.2) is 21.7 Å². The summed E-state index contributed by atoms with van der Waals surface area (Å²) in [6.45, 7) is 1.40. The van der Waals surface area contributed by atoms with Crippen LogP contribution in [-0.4, -0.2) is 50.2 Å². The van der Waals surface area contributed by atoms with Gasteiger partial charge in [0.15, 0.2) is 0 Å². The lowest BCUT2D eigenvalue weighted by Crippen LogP contribution is -2.47. The zero-order valence-electron chi connectivity index (χ0n) is 9.50. The predicted octanol–water partition coefficient (Wildman–Crippen LogP) is 0.601. The first-order valence-electron chi connectivity index (χ1n) is 5.29. The monoisotopic (exact) mass is 274 g/mol. The van der Waals surface area contributed by atoms with Gasteiger partial charge in [-0.2, -0.15) is 4.31 Å². The van der Waals surface area contributed by atoms with Crippen LogP contribution in [0, 0.1) is 0 Å². The Balaban J connectivity index is 2.04. The van der Waals surface area contributed by atoms with E-state index < -0.39 is 10.0 Å². The minimum atomic E-state index is -3.50. The van der Waals surface area contributed by atoms with E-state index in [1.807, 2.05) is 0 Å². The molecule has 1 aliphatic heterocycles. The van der Waals surface area contributed by atoms with Gasteiger partial charge in [0.2, 0.25) is 5.91 Å². The van der Waals surface area contributed by atoms with Crippen LogP contribution in [0.1, 0.15) is 6.42 Å². The van der Waals surface area contributed by atoms with Crippen LogP contribution in [-0.2, 0) is 14.8 Å². The predicted molar refractivity (Wildman–Crippen MR) is 65.3 cm³/mol. The molecule has 1 aromatic heterocycles. The first-order valence-corrected chi connectivity index (χ1v) is 7.61. The molecule has 0 saturated carbocycles. The summed E-state index contributed by atoms with van der Waals surface area (Å²) in [6.07, 6.45) is 1.01. The van der Waals surface area contributed by atoms with Gasteiger partial charge in [0, 0.05) is 20.1 Å². The SMILES string of the molecule is CN(CC(=O)N1CCC1)S(=O)(=O)c1cccs1. The summed E-state index contributed by atoms with van der Waals surface area (Å²) in [5, 5.41) is 1.71. The minimum Gasteiger partial charge on any atom is -0.341 e. The molecular formula is C10H14N2O3S2. The number of likely N-dealkylation sites (tertiary alicyclic amines) is 1. The Morgan fingerprint density at radius 3 is 2.71 bits per heavy atom. The van der Waals surface area contributed by atoms with Gasteiger partial charge in [-0.05, 0) is 17.9 Å².